The van der Waals surface area contributed by atoms with Gasteiger partial charge in [-0.05, 0) is 31.5 Å². The Morgan fingerprint density at radius 2 is 1.94 bits per heavy atom. The minimum absolute atomic E-state index is 0.00382. The maximum Gasteiger partial charge on any atom is 0.694 e. The zero-order valence-corrected chi connectivity index (χ0v) is 19.4. The number of ether oxygens (including phenoxy) is 2. The molecular formula is C19H26F3N3O5PS+. The van der Waals surface area contributed by atoms with Crippen LogP contribution in [0.15, 0.2) is 18.2 Å². The van der Waals surface area contributed by atoms with Gasteiger partial charge in [-0.3, -0.25) is 0 Å². The molecule has 2 rings (SSSR count). The molecule has 0 saturated carbocycles. The molecule has 0 fully saturated rings. The van der Waals surface area contributed by atoms with Gasteiger partial charge < -0.3 is 15.2 Å². The molecule has 0 amide bonds. The van der Waals surface area contributed by atoms with Crippen LogP contribution < -0.4 is 10.5 Å². The van der Waals surface area contributed by atoms with Crippen molar-refractivity contribution in [3.05, 3.63) is 28.8 Å². The molecule has 2 aromatic rings. The van der Waals surface area contributed by atoms with Crippen molar-refractivity contribution in [2.45, 2.75) is 44.8 Å². The third-order valence-electron chi connectivity index (χ3n) is 4.30. The van der Waals surface area contributed by atoms with Gasteiger partial charge in [0.25, 0.3) is 0 Å². The van der Waals surface area contributed by atoms with Crippen LogP contribution in [0.1, 0.15) is 43.7 Å². The van der Waals surface area contributed by atoms with E-state index < -0.39 is 25.5 Å². The lowest BCUT2D eigenvalue weighted by Gasteiger charge is -2.16. The molecule has 1 heterocycles. The zero-order chi connectivity index (χ0) is 23.8. The van der Waals surface area contributed by atoms with E-state index in [-0.39, 0.29) is 41.1 Å². The highest BCUT2D eigenvalue weighted by molar-refractivity contribution is 7.32. The molecule has 0 aliphatic carbocycles. The lowest BCUT2D eigenvalue weighted by Crippen LogP contribution is -2.37. The SMILES string of the molecule is CCCCCOCCOc1ccc(-c2nnc([C@@](C)(N)CO[P+](=O)O)s2)cc1C(F)(F)F. The molecule has 0 aliphatic heterocycles. The van der Waals surface area contributed by atoms with E-state index in [1.54, 1.807) is 0 Å². The molecule has 178 valence electrons. The average Bonchev–Trinajstić information content (AvgIpc) is 3.22. The predicted molar refractivity (Wildman–Crippen MR) is 114 cm³/mol. The molecule has 1 aromatic carbocycles. The molecule has 2 atom stereocenters. The fourth-order valence-electron chi connectivity index (χ4n) is 2.60. The largest absolute Gasteiger partial charge is 0.694 e. The number of halogens is 3. The van der Waals surface area contributed by atoms with Crippen molar-refractivity contribution in [1.82, 2.24) is 10.2 Å². The molecule has 0 radical (unpaired) electrons. The number of hydrogen-bond acceptors (Lipinski definition) is 8. The lowest BCUT2D eigenvalue weighted by molar-refractivity contribution is -0.139. The summed E-state index contributed by atoms with van der Waals surface area (Å²) in [5.74, 6) is -0.299. The van der Waals surface area contributed by atoms with Gasteiger partial charge in [-0.15, -0.1) is 19.6 Å². The van der Waals surface area contributed by atoms with Crippen LogP contribution in [0.25, 0.3) is 10.6 Å². The van der Waals surface area contributed by atoms with Crippen molar-refractivity contribution >= 4 is 19.6 Å². The van der Waals surface area contributed by atoms with E-state index in [4.69, 9.17) is 20.1 Å². The highest BCUT2D eigenvalue weighted by atomic mass is 32.1. The molecule has 8 nitrogen and oxygen atoms in total. The number of hydrogen-bond donors (Lipinski definition) is 2. The van der Waals surface area contributed by atoms with Gasteiger partial charge in [-0.2, -0.15) is 13.2 Å². The van der Waals surface area contributed by atoms with Crippen molar-refractivity contribution in [2.24, 2.45) is 5.73 Å². The Kier molecular flexibility index (Phi) is 9.93. The summed E-state index contributed by atoms with van der Waals surface area (Å²) in [6.45, 7) is 4.00. The van der Waals surface area contributed by atoms with Crippen molar-refractivity contribution in [1.29, 1.82) is 0 Å². The Morgan fingerprint density at radius 1 is 1.19 bits per heavy atom. The number of aromatic nitrogens is 2. The third kappa shape index (κ3) is 8.02. The Morgan fingerprint density at radius 3 is 2.59 bits per heavy atom. The first-order chi connectivity index (χ1) is 15.0. The van der Waals surface area contributed by atoms with Gasteiger partial charge in [0.05, 0.1) is 17.7 Å². The maximum atomic E-state index is 13.6. The van der Waals surface area contributed by atoms with Crippen LogP contribution in [-0.4, -0.2) is 41.5 Å². The van der Waals surface area contributed by atoms with E-state index in [9.17, 15) is 17.7 Å². The topological polar surface area (TPSA) is 117 Å². The quantitative estimate of drug-likeness (QED) is 0.304. The van der Waals surface area contributed by atoms with Gasteiger partial charge in [0, 0.05) is 16.7 Å². The normalized spacial score (nSPS) is 14.3. The molecule has 1 unspecified atom stereocenters. The molecule has 0 aliphatic rings. The van der Waals surface area contributed by atoms with E-state index in [0.717, 1.165) is 36.7 Å². The van der Waals surface area contributed by atoms with Crippen molar-refractivity contribution in [3.63, 3.8) is 0 Å². The van der Waals surface area contributed by atoms with Crippen LogP contribution >= 0.6 is 19.6 Å². The Hall–Kier alpha value is -1.69. The smallest absolute Gasteiger partial charge is 0.491 e. The molecule has 32 heavy (non-hydrogen) atoms. The Bertz CT molecular complexity index is 895. The minimum atomic E-state index is -4.64. The fraction of sp³-hybridized carbons (Fsp3) is 0.579. The summed E-state index contributed by atoms with van der Waals surface area (Å²) in [6, 6.07) is 3.63. The second kappa shape index (κ2) is 12.0. The standard InChI is InChI=1S/C19H25F3N3O5PS/c1-3-4-5-8-28-9-10-29-15-7-6-13(11-14(15)19(20,21)22)16-24-25-17(32-16)18(2,23)12-30-31(26)27/h6-7,11H,3-5,8-10,12,23H2,1-2H3/p+1/t18-/m0/s1. The van der Waals surface area contributed by atoms with Gasteiger partial charge in [-0.25, -0.2) is 0 Å². The van der Waals surface area contributed by atoms with Crippen LogP contribution in [0, 0.1) is 0 Å². The van der Waals surface area contributed by atoms with Crippen LogP contribution in [0.4, 0.5) is 13.2 Å². The summed E-state index contributed by atoms with van der Waals surface area (Å²) < 4.78 is 66.8. The molecule has 0 saturated heterocycles. The molecular weight excluding hydrogens is 470 g/mol. The first-order valence-electron chi connectivity index (χ1n) is 9.88. The molecule has 0 bridgehead atoms. The summed E-state index contributed by atoms with van der Waals surface area (Å²) in [6.07, 6.45) is -1.65. The zero-order valence-electron chi connectivity index (χ0n) is 17.7. The van der Waals surface area contributed by atoms with Crippen molar-refractivity contribution < 1.29 is 36.6 Å². The van der Waals surface area contributed by atoms with E-state index in [2.05, 4.69) is 21.6 Å². The summed E-state index contributed by atoms with van der Waals surface area (Å²) in [5.41, 5.74) is 4.05. The second-order valence-corrected chi connectivity index (χ2v) is 8.93. The maximum absolute atomic E-state index is 13.6. The van der Waals surface area contributed by atoms with E-state index in [1.165, 1.54) is 19.1 Å². The van der Waals surface area contributed by atoms with Gasteiger partial charge in [0.1, 0.15) is 29.0 Å². The van der Waals surface area contributed by atoms with E-state index >= 15 is 0 Å². The summed E-state index contributed by atoms with van der Waals surface area (Å²) in [5, 5.41) is 8.28. The second-order valence-electron chi connectivity index (χ2n) is 7.22. The van der Waals surface area contributed by atoms with Gasteiger partial charge >= 0.3 is 14.4 Å². The Balaban J connectivity index is 2.12. The lowest BCUT2D eigenvalue weighted by atomic mass is 10.1. The average molecular weight is 496 g/mol. The predicted octanol–water partition coefficient (Wildman–Crippen LogP) is 4.65. The first-order valence-corrected chi connectivity index (χ1v) is 11.8. The third-order valence-corrected chi connectivity index (χ3v) is 5.90. The van der Waals surface area contributed by atoms with Gasteiger partial charge in [0.15, 0.2) is 0 Å². The van der Waals surface area contributed by atoms with Gasteiger partial charge in [-0.1, -0.05) is 31.1 Å². The highest BCUT2D eigenvalue weighted by Gasteiger charge is 2.36. The van der Waals surface area contributed by atoms with Crippen LogP contribution in [0.2, 0.25) is 0 Å². The van der Waals surface area contributed by atoms with Gasteiger partial charge in [0.2, 0.25) is 0 Å². The first kappa shape index (κ1) is 26.6. The molecule has 13 heteroatoms. The summed E-state index contributed by atoms with van der Waals surface area (Å²) in [4.78, 5) is 8.78. The monoisotopic (exact) mass is 496 g/mol. The fourth-order valence-corrected chi connectivity index (χ4v) is 3.86. The number of alkyl halides is 3. The van der Waals surface area contributed by atoms with Crippen LogP contribution in [-0.2, 0) is 25.5 Å². The number of nitrogens with two attached hydrogens (primary N) is 1. The number of rotatable bonds is 13. The van der Waals surface area contributed by atoms with Crippen LogP contribution in [0.5, 0.6) is 5.75 Å². The summed E-state index contributed by atoms with van der Waals surface area (Å²) in [7, 11) is -2.85. The molecule has 0 spiro atoms. The van der Waals surface area contributed by atoms with E-state index in [0.29, 0.717) is 6.61 Å². The van der Waals surface area contributed by atoms with Crippen LogP contribution in [0.3, 0.4) is 0 Å². The number of unbranched alkanes of at least 4 members (excludes halogenated alkanes) is 2. The number of nitrogens with zero attached hydrogens (tertiary/aromatic N) is 2. The molecule has 1 aromatic heterocycles. The number of benzene rings is 1. The van der Waals surface area contributed by atoms with E-state index in [1.807, 2.05) is 0 Å². The van der Waals surface area contributed by atoms with Crippen molar-refractivity contribution in [3.8, 4) is 16.3 Å². The Labute approximate surface area is 188 Å². The highest BCUT2D eigenvalue weighted by Crippen LogP contribution is 2.40. The minimum Gasteiger partial charge on any atom is -0.491 e. The van der Waals surface area contributed by atoms with Crippen molar-refractivity contribution in [2.75, 3.05) is 26.4 Å². The summed E-state index contributed by atoms with van der Waals surface area (Å²) >= 11 is 0.969. The molecule has 3 N–H and O–H groups in total.